The van der Waals surface area contributed by atoms with E-state index in [4.69, 9.17) is 11.0 Å². The topological polar surface area (TPSA) is 65.9 Å². The van der Waals surface area contributed by atoms with Crippen LogP contribution in [0.3, 0.4) is 0 Å². The number of pyridine rings is 1. The minimum absolute atomic E-state index is 0.449. The van der Waals surface area contributed by atoms with Gasteiger partial charge in [-0.15, -0.1) is 0 Å². The van der Waals surface area contributed by atoms with Gasteiger partial charge in [0.25, 0.3) is 0 Å². The largest absolute Gasteiger partial charge is 0.395 e. The summed E-state index contributed by atoms with van der Waals surface area (Å²) in [5.74, 6) is 0.740. The first-order valence-electron chi connectivity index (χ1n) is 6.82. The van der Waals surface area contributed by atoms with Crippen LogP contribution in [0.15, 0.2) is 12.3 Å². The number of nitrogens with zero attached hydrogens (tertiary/aromatic N) is 3. The highest BCUT2D eigenvalue weighted by atomic mass is 15.2. The highest BCUT2D eigenvalue weighted by Gasteiger charge is 2.30. The summed E-state index contributed by atoms with van der Waals surface area (Å²) < 4.78 is 0. The van der Waals surface area contributed by atoms with Gasteiger partial charge in [0.2, 0.25) is 0 Å². The van der Waals surface area contributed by atoms with E-state index in [1.807, 2.05) is 7.05 Å². The van der Waals surface area contributed by atoms with Gasteiger partial charge in [0, 0.05) is 19.3 Å². The highest BCUT2D eigenvalue weighted by molar-refractivity contribution is 5.70. The van der Waals surface area contributed by atoms with Crippen LogP contribution in [0.1, 0.15) is 45.1 Å². The van der Waals surface area contributed by atoms with Crippen LogP contribution in [0, 0.1) is 16.7 Å². The van der Waals surface area contributed by atoms with E-state index in [0.29, 0.717) is 22.7 Å². The molecule has 0 spiro atoms. The molecular weight excluding hydrogens is 236 g/mol. The molecule has 2 N–H and O–H groups in total. The van der Waals surface area contributed by atoms with Crippen LogP contribution in [0.2, 0.25) is 0 Å². The summed E-state index contributed by atoms with van der Waals surface area (Å²) in [5.41, 5.74) is 7.48. The van der Waals surface area contributed by atoms with Crippen LogP contribution in [-0.4, -0.2) is 18.1 Å². The number of nitrogen functional groups attached to an aromatic ring is 1. The van der Waals surface area contributed by atoms with Crippen molar-refractivity contribution in [2.75, 3.05) is 17.7 Å². The Morgan fingerprint density at radius 2 is 2.05 bits per heavy atom. The highest BCUT2D eigenvalue weighted by Crippen LogP contribution is 2.38. The summed E-state index contributed by atoms with van der Waals surface area (Å²) in [6.07, 6.45) is 6.41. The molecular formula is C15H22N4. The molecule has 0 saturated heterocycles. The maximum Gasteiger partial charge on any atom is 0.153 e. The van der Waals surface area contributed by atoms with Gasteiger partial charge in [-0.2, -0.15) is 5.26 Å². The molecule has 0 bridgehead atoms. The third kappa shape index (κ3) is 2.81. The van der Waals surface area contributed by atoms with Gasteiger partial charge in [0.05, 0.1) is 11.3 Å². The van der Waals surface area contributed by atoms with Gasteiger partial charge in [-0.25, -0.2) is 4.98 Å². The number of nitriles is 1. The van der Waals surface area contributed by atoms with Gasteiger partial charge < -0.3 is 10.6 Å². The van der Waals surface area contributed by atoms with E-state index in [1.165, 1.54) is 12.8 Å². The summed E-state index contributed by atoms with van der Waals surface area (Å²) in [4.78, 5) is 6.49. The third-order valence-corrected chi connectivity index (χ3v) is 4.28. The van der Waals surface area contributed by atoms with Crippen molar-refractivity contribution in [1.82, 2.24) is 4.98 Å². The van der Waals surface area contributed by atoms with Crippen molar-refractivity contribution in [2.45, 2.75) is 45.6 Å². The summed E-state index contributed by atoms with van der Waals surface area (Å²) in [7, 11) is 2.03. The lowest BCUT2D eigenvalue weighted by molar-refractivity contribution is 0.222. The molecule has 0 aromatic carbocycles. The fourth-order valence-corrected chi connectivity index (χ4v) is 2.79. The molecule has 0 amide bonds. The summed E-state index contributed by atoms with van der Waals surface area (Å²) >= 11 is 0. The molecule has 0 aliphatic heterocycles. The molecule has 1 saturated carbocycles. The smallest absolute Gasteiger partial charge is 0.153 e. The van der Waals surface area contributed by atoms with Crippen LogP contribution in [-0.2, 0) is 0 Å². The minimum atomic E-state index is 0.449. The molecule has 4 heteroatoms. The van der Waals surface area contributed by atoms with E-state index in [-0.39, 0.29) is 0 Å². The lowest BCUT2D eigenvalue weighted by Gasteiger charge is -2.39. The van der Waals surface area contributed by atoms with E-state index < -0.39 is 0 Å². The lowest BCUT2D eigenvalue weighted by atomic mass is 9.75. The van der Waals surface area contributed by atoms with Crippen molar-refractivity contribution in [3.05, 3.63) is 17.8 Å². The maximum absolute atomic E-state index is 9.03. The fraction of sp³-hybridized carbons (Fsp3) is 0.600. The number of hydrogen-bond acceptors (Lipinski definition) is 4. The van der Waals surface area contributed by atoms with Crippen LogP contribution < -0.4 is 10.6 Å². The van der Waals surface area contributed by atoms with Crippen LogP contribution >= 0.6 is 0 Å². The van der Waals surface area contributed by atoms with Gasteiger partial charge in [0.15, 0.2) is 5.82 Å². The monoisotopic (exact) mass is 258 g/mol. The molecule has 1 heterocycles. The predicted octanol–water partition coefficient (Wildman–Crippen LogP) is 2.94. The van der Waals surface area contributed by atoms with E-state index in [9.17, 15) is 0 Å². The fourth-order valence-electron chi connectivity index (χ4n) is 2.79. The molecule has 102 valence electrons. The molecule has 1 aromatic heterocycles. The Morgan fingerprint density at radius 3 is 2.63 bits per heavy atom. The van der Waals surface area contributed by atoms with Crippen molar-refractivity contribution >= 4 is 11.5 Å². The average Bonchev–Trinajstić information content (AvgIpc) is 2.38. The summed E-state index contributed by atoms with van der Waals surface area (Å²) in [6, 6.07) is 4.25. The van der Waals surface area contributed by atoms with Crippen molar-refractivity contribution in [2.24, 2.45) is 5.41 Å². The first kappa shape index (κ1) is 13.7. The minimum Gasteiger partial charge on any atom is -0.395 e. The third-order valence-electron chi connectivity index (χ3n) is 4.28. The SMILES string of the molecule is CN(c1nccc(C#N)c1N)C1CCC(C)(C)CC1. The van der Waals surface area contributed by atoms with Crippen LogP contribution in [0.5, 0.6) is 0 Å². The van der Waals surface area contributed by atoms with E-state index >= 15 is 0 Å². The van der Waals surface area contributed by atoms with E-state index in [1.54, 1.807) is 12.3 Å². The Morgan fingerprint density at radius 1 is 1.42 bits per heavy atom. The van der Waals surface area contributed by atoms with Crippen molar-refractivity contribution in [3.8, 4) is 6.07 Å². The quantitative estimate of drug-likeness (QED) is 0.885. The van der Waals surface area contributed by atoms with Crippen LogP contribution in [0.4, 0.5) is 11.5 Å². The van der Waals surface area contributed by atoms with Gasteiger partial charge in [-0.1, -0.05) is 13.8 Å². The van der Waals surface area contributed by atoms with Crippen molar-refractivity contribution in [3.63, 3.8) is 0 Å². The van der Waals surface area contributed by atoms with Gasteiger partial charge >= 0.3 is 0 Å². The summed E-state index contributed by atoms with van der Waals surface area (Å²) in [6.45, 7) is 4.65. The number of nitrogens with two attached hydrogens (primary N) is 1. The average molecular weight is 258 g/mol. The molecule has 19 heavy (non-hydrogen) atoms. The normalized spacial score (nSPS) is 18.8. The van der Waals surface area contributed by atoms with E-state index in [2.05, 4.69) is 29.8 Å². The van der Waals surface area contributed by atoms with Crippen molar-refractivity contribution in [1.29, 1.82) is 5.26 Å². The van der Waals surface area contributed by atoms with Crippen molar-refractivity contribution < 1.29 is 0 Å². The Hall–Kier alpha value is -1.76. The van der Waals surface area contributed by atoms with Crippen LogP contribution in [0.25, 0.3) is 0 Å². The second-order valence-electron chi connectivity index (χ2n) is 6.21. The number of anilines is 2. The predicted molar refractivity (Wildman–Crippen MR) is 77.8 cm³/mol. The zero-order chi connectivity index (χ0) is 14.0. The molecule has 0 radical (unpaired) electrons. The Kier molecular flexibility index (Phi) is 3.66. The number of hydrogen-bond donors (Lipinski definition) is 1. The standard InChI is InChI=1S/C15H22N4/c1-15(2)7-4-12(5-8-15)19(3)14-13(17)11(10-16)6-9-18-14/h6,9,12H,4-5,7-8,17H2,1-3H3. The Balaban J connectivity index is 2.17. The van der Waals surface area contributed by atoms with Gasteiger partial charge in [-0.3, -0.25) is 0 Å². The lowest BCUT2D eigenvalue weighted by Crippen LogP contribution is -2.38. The molecule has 4 nitrogen and oxygen atoms in total. The zero-order valence-corrected chi connectivity index (χ0v) is 12.0. The maximum atomic E-state index is 9.03. The van der Waals surface area contributed by atoms with Gasteiger partial charge in [-0.05, 0) is 37.2 Å². The number of rotatable bonds is 2. The molecule has 1 aromatic rings. The molecule has 0 atom stereocenters. The number of aromatic nitrogens is 1. The van der Waals surface area contributed by atoms with E-state index in [0.717, 1.165) is 18.7 Å². The molecule has 1 fully saturated rings. The molecule has 1 aliphatic rings. The summed E-state index contributed by atoms with van der Waals surface area (Å²) in [5, 5.41) is 9.03. The first-order valence-corrected chi connectivity index (χ1v) is 6.82. The second kappa shape index (κ2) is 5.08. The van der Waals surface area contributed by atoms with Gasteiger partial charge in [0.1, 0.15) is 6.07 Å². The molecule has 0 unspecified atom stereocenters. The zero-order valence-electron chi connectivity index (χ0n) is 12.0. The molecule has 2 rings (SSSR count). The second-order valence-corrected chi connectivity index (χ2v) is 6.21. The Labute approximate surface area is 115 Å². The Bertz CT molecular complexity index is 491. The first-order chi connectivity index (χ1) is 8.94. The molecule has 1 aliphatic carbocycles.